The molecule has 146 valence electrons. The lowest BCUT2D eigenvalue weighted by atomic mass is 9.86. The summed E-state index contributed by atoms with van der Waals surface area (Å²) in [5.41, 5.74) is -0.818. The van der Waals surface area contributed by atoms with Crippen molar-refractivity contribution < 1.29 is 27.2 Å². The Bertz CT molecular complexity index is 568. The molecule has 1 fully saturated rings. The van der Waals surface area contributed by atoms with Crippen LogP contribution in [0.3, 0.4) is 0 Å². The van der Waals surface area contributed by atoms with E-state index in [0.29, 0.717) is 23.3 Å². The quantitative estimate of drug-likeness (QED) is 0.358. The highest BCUT2D eigenvalue weighted by molar-refractivity contribution is 7.85. The highest BCUT2D eigenvalue weighted by Crippen LogP contribution is 2.33. The van der Waals surface area contributed by atoms with E-state index in [1.165, 1.54) is 0 Å². The van der Waals surface area contributed by atoms with Crippen LogP contribution in [0.2, 0.25) is 0 Å². The molecule has 6 nitrogen and oxygen atoms in total. The Morgan fingerprint density at radius 3 is 2.24 bits per heavy atom. The van der Waals surface area contributed by atoms with Gasteiger partial charge in [0.1, 0.15) is 6.61 Å². The third-order valence-corrected chi connectivity index (χ3v) is 4.76. The van der Waals surface area contributed by atoms with E-state index in [9.17, 15) is 18.3 Å². The fraction of sp³-hybridized carbons (Fsp3) is 0.833. The van der Waals surface area contributed by atoms with Gasteiger partial charge in [0.05, 0.1) is 12.9 Å². The van der Waals surface area contributed by atoms with Gasteiger partial charge in [0.2, 0.25) is 0 Å². The molecule has 1 heterocycles. The van der Waals surface area contributed by atoms with Crippen molar-refractivity contribution in [2.75, 3.05) is 19.5 Å². The van der Waals surface area contributed by atoms with Crippen LogP contribution in [0.4, 0.5) is 0 Å². The minimum atomic E-state index is -3.67. The second-order valence-electron chi connectivity index (χ2n) is 7.96. The fourth-order valence-electron chi connectivity index (χ4n) is 3.23. The van der Waals surface area contributed by atoms with E-state index in [1.54, 1.807) is 0 Å². The minimum absolute atomic E-state index is 0.161. The van der Waals surface area contributed by atoms with Crippen LogP contribution in [-0.2, 0) is 23.8 Å². The first-order chi connectivity index (χ1) is 11.5. The maximum atomic E-state index is 12.1. The van der Waals surface area contributed by atoms with Crippen LogP contribution in [0.5, 0.6) is 0 Å². The van der Waals surface area contributed by atoms with E-state index >= 15 is 0 Å². The van der Waals surface area contributed by atoms with E-state index in [4.69, 9.17) is 8.92 Å². The molecule has 7 heteroatoms. The average Bonchev–Trinajstić information content (AvgIpc) is 2.78. The van der Waals surface area contributed by atoms with Crippen LogP contribution >= 0.6 is 0 Å². The Kier molecular flexibility index (Phi) is 8.09. The Hall–Kier alpha value is -0.920. The molecule has 0 aromatic carbocycles. The number of hydrogen-bond donors (Lipinski definition) is 1. The van der Waals surface area contributed by atoms with Crippen LogP contribution in [0.25, 0.3) is 0 Å². The van der Waals surface area contributed by atoms with Gasteiger partial charge in [-0.3, -0.25) is 4.18 Å². The predicted octanol–water partition coefficient (Wildman–Crippen LogP) is 2.67. The number of carbonyl (C=O) groups excluding carboxylic acids is 1. The first-order valence-corrected chi connectivity index (χ1v) is 10.7. The van der Waals surface area contributed by atoms with Crippen LogP contribution in [0.1, 0.15) is 53.4 Å². The lowest BCUT2D eigenvalue weighted by Gasteiger charge is -2.23. The number of esters is 1. The molecule has 1 N–H and O–H groups in total. The summed E-state index contributed by atoms with van der Waals surface area (Å²) in [6.07, 6.45) is 5.91. The van der Waals surface area contributed by atoms with Crippen molar-refractivity contribution in [3.8, 4) is 0 Å². The van der Waals surface area contributed by atoms with Gasteiger partial charge in [-0.1, -0.05) is 33.8 Å². The molecule has 0 aromatic heterocycles. The zero-order valence-electron chi connectivity index (χ0n) is 15.9. The van der Waals surface area contributed by atoms with Crippen LogP contribution in [0.15, 0.2) is 11.6 Å². The maximum absolute atomic E-state index is 12.1. The Labute approximate surface area is 151 Å². The molecule has 1 unspecified atom stereocenters. The van der Waals surface area contributed by atoms with Gasteiger partial charge in [0, 0.05) is 12.0 Å². The van der Waals surface area contributed by atoms with Crippen molar-refractivity contribution in [1.82, 2.24) is 0 Å². The van der Waals surface area contributed by atoms with Crippen molar-refractivity contribution in [2.45, 2.75) is 59.0 Å². The maximum Gasteiger partial charge on any atom is 0.334 e. The second kappa shape index (κ2) is 9.14. The molecule has 0 radical (unpaired) electrons. The molecule has 0 amide bonds. The topological polar surface area (TPSA) is 89.9 Å². The van der Waals surface area contributed by atoms with Gasteiger partial charge in [-0.2, -0.15) is 8.42 Å². The first kappa shape index (κ1) is 22.1. The van der Waals surface area contributed by atoms with Crippen molar-refractivity contribution in [1.29, 1.82) is 0 Å². The number of rotatable bonds is 10. The molecule has 0 saturated carbocycles. The summed E-state index contributed by atoms with van der Waals surface area (Å²) in [6.45, 7) is 7.89. The minimum Gasteiger partial charge on any atom is -0.450 e. The molecule has 1 rings (SSSR count). The third kappa shape index (κ3) is 7.88. The van der Waals surface area contributed by atoms with E-state index in [-0.39, 0.29) is 13.0 Å². The smallest absolute Gasteiger partial charge is 0.334 e. The molecule has 0 bridgehead atoms. The standard InChI is InChI=1S/C18H32O6S/c1-13(2)8-15(9-14(3)4)6-7-16-10-18(11-19,24-17(16)20)12-23-25(5,21)22/h7,13-15,19H,6,8-12H2,1-5H3/b16-7+. The first-order valence-electron chi connectivity index (χ1n) is 8.84. The summed E-state index contributed by atoms with van der Waals surface area (Å²) in [6, 6.07) is 0. The zero-order chi connectivity index (χ0) is 19.3. The molecule has 1 atom stereocenters. The molecule has 0 aromatic rings. The number of hydrogen-bond acceptors (Lipinski definition) is 6. The van der Waals surface area contributed by atoms with Crippen molar-refractivity contribution >= 4 is 16.1 Å². The Balaban J connectivity index is 2.79. The monoisotopic (exact) mass is 376 g/mol. The number of carbonyl (C=O) groups is 1. The number of allylic oxidation sites excluding steroid dienone is 1. The fourth-order valence-corrected chi connectivity index (χ4v) is 3.66. The average molecular weight is 377 g/mol. The summed E-state index contributed by atoms with van der Waals surface area (Å²) < 4.78 is 32.3. The molecular weight excluding hydrogens is 344 g/mol. The van der Waals surface area contributed by atoms with Gasteiger partial charge in [0.25, 0.3) is 10.1 Å². The molecule has 0 aliphatic carbocycles. The third-order valence-electron chi connectivity index (χ3n) is 4.22. The predicted molar refractivity (Wildman–Crippen MR) is 96.4 cm³/mol. The number of cyclic esters (lactones) is 1. The summed E-state index contributed by atoms with van der Waals surface area (Å²) in [7, 11) is -3.67. The number of aliphatic hydroxyl groups excluding tert-OH is 1. The van der Waals surface area contributed by atoms with E-state index < -0.39 is 28.3 Å². The van der Waals surface area contributed by atoms with E-state index in [2.05, 4.69) is 27.7 Å². The molecular formula is C18H32O6S. The van der Waals surface area contributed by atoms with Crippen molar-refractivity contribution in [2.24, 2.45) is 17.8 Å². The molecule has 0 spiro atoms. The lowest BCUT2D eigenvalue weighted by Crippen LogP contribution is -2.39. The highest BCUT2D eigenvalue weighted by Gasteiger charge is 2.44. The van der Waals surface area contributed by atoms with E-state index in [0.717, 1.165) is 25.5 Å². The number of ether oxygens (including phenoxy) is 1. The van der Waals surface area contributed by atoms with Crippen LogP contribution in [0, 0.1) is 17.8 Å². The Morgan fingerprint density at radius 1 is 1.24 bits per heavy atom. The highest BCUT2D eigenvalue weighted by atomic mass is 32.2. The van der Waals surface area contributed by atoms with Gasteiger partial charge in [-0.05, 0) is 37.0 Å². The summed E-state index contributed by atoms with van der Waals surface area (Å²) in [4.78, 5) is 12.1. The van der Waals surface area contributed by atoms with Gasteiger partial charge >= 0.3 is 5.97 Å². The lowest BCUT2D eigenvalue weighted by molar-refractivity contribution is -0.153. The molecule has 1 aliphatic rings. The molecule has 25 heavy (non-hydrogen) atoms. The normalized spacial score (nSPS) is 23.2. The van der Waals surface area contributed by atoms with Crippen molar-refractivity contribution in [3.63, 3.8) is 0 Å². The largest absolute Gasteiger partial charge is 0.450 e. The van der Waals surface area contributed by atoms with Crippen LogP contribution in [-0.4, -0.2) is 44.6 Å². The summed E-state index contributed by atoms with van der Waals surface area (Å²) in [5.74, 6) is 1.14. The molecule has 1 aliphatic heterocycles. The van der Waals surface area contributed by atoms with Crippen LogP contribution < -0.4 is 0 Å². The SMILES string of the molecule is CC(C)CC(C/C=C1\CC(CO)(COS(C)(=O)=O)OC1=O)CC(C)C. The van der Waals surface area contributed by atoms with Crippen molar-refractivity contribution in [3.05, 3.63) is 11.6 Å². The summed E-state index contributed by atoms with van der Waals surface area (Å²) >= 11 is 0. The van der Waals surface area contributed by atoms with Gasteiger partial charge in [-0.25, -0.2) is 4.79 Å². The van der Waals surface area contributed by atoms with Gasteiger partial charge in [-0.15, -0.1) is 0 Å². The Morgan fingerprint density at radius 2 is 1.80 bits per heavy atom. The van der Waals surface area contributed by atoms with Gasteiger partial charge in [0.15, 0.2) is 5.60 Å². The molecule has 1 saturated heterocycles. The number of aliphatic hydroxyl groups is 1. The zero-order valence-corrected chi connectivity index (χ0v) is 16.8. The van der Waals surface area contributed by atoms with E-state index in [1.807, 2.05) is 6.08 Å². The van der Waals surface area contributed by atoms with Gasteiger partial charge < -0.3 is 9.84 Å². The summed E-state index contributed by atoms with van der Waals surface area (Å²) in [5, 5.41) is 9.58. The second-order valence-corrected chi connectivity index (χ2v) is 9.61.